The fraction of sp³-hybridized carbons (Fsp3) is 0.300. The van der Waals surface area contributed by atoms with Gasteiger partial charge in [0.1, 0.15) is 11.4 Å². The van der Waals surface area contributed by atoms with Gasteiger partial charge in [-0.3, -0.25) is 4.79 Å². The topological polar surface area (TPSA) is 50.2 Å². The summed E-state index contributed by atoms with van der Waals surface area (Å²) >= 11 is 1.62. The summed E-state index contributed by atoms with van der Waals surface area (Å²) in [6.07, 6.45) is 0. The van der Waals surface area contributed by atoms with E-state index >= 15 is 0 Å². The molecule has 1 aromatic carbocycles. The lowest BCUT2D eigenvalue weighted by Crippen LogP contribution is -2.32. The monoisotopic (exact) mass is 368 g/mol. The Morgan fingerprint density at radius 3 is 2.69 bits per heavy atom. The Kier molecular flexibility index (Phi) is 5.54. The second kappa shape index (κ2) is 7.85. The maximum absolute atomic E-state index is 12.8. The van der Waals surface area contributed by atoms with Crippen LogP contribution in [-0.4, -0.2) is 47.8 Å². The first kappa shape index (κ1) is 18.4. The Labute approximate surface area is 158 Å². The smallest absolute Gasteiger partial charge is 0.270 e. The van der Waals surface area contributed by atoms with Crippen LogP contribution in [-0.2, 0) is 0 Å². The molecule has 0 unspecified atom stereocenters. The highest BCUT2D eigenvalue weighted by atomic mass is 32.1. The molecule has 3 rings (SSSR count). The van der Waals surface area contributed by atoms with E-state index < -0.39 is 0 Å². The zero-order chi connectivity index (χ0) is 18.7. The molecule has 0 radical (unpaired) electrons. The third-order valence-corrected chi connectivity index (χ3v) is 5.03. The minimum Gasteiger partial charge on any atom is -0.349 e. The van der Waals surface area contributed by atoms with E-state index in [1.165, 1.54) is 5.56 Å². The Morgan fingerprint density at radius 1 is 1.23 bits per heavy atom. The van der Waals surface area contributed by atoms with Crippen LogP contribution in [0.2, 0.25) is 0 Å². The summed E-state index contributed by atoms with van der Waals surface area (Å²) in [5, 5.41) is 9.74. The van der Waals surface area contributed by atoms with E-state index in [9.17, 15) is 4.79 Å². The second-order valence-corrected chi connectivity index (χ2v) is 7.60. The van der Waals surface area contributed by atoms with E-state index in [1.54, 1.807) is 16.0 Å². The van der Waals surface area contributed by atoms with Gasteiger partial charge in [0.25, 0.3) is 5.91 Å². The zero-order valence-corrected chi connectivity index (χ0v) is 16.4. The number of nitrogens with zero attached hydrogens (tertiary/aromatic N) is 3. The average Bonchev–Trinajstić information content (AvgIpc) is 3.24. The van der Waals surface area contributed by atoms with Crippen molar-refractivity contribution in [1.29, 1.82) is 0 Å². The Morgan fingerprint density at radius 2 is 2.04 bits per heavy atom. The van der Waals surface area contributed by atoms with Crippen LogP contribution in [0, 0.1) is 13.8 Å². The van der Waals surface area contributed by atoms with E-state index in [1.807, 2.05) is 61.6 Å². The molecule has 0 fully saturated rings. The number of hydrogen-bond acceptors (Lipinski definition) is 4. The molecule has 2 heterocycles. The minimum absolute atomic E-state index is 0.109. The molecular weight excluding hydrogens is 344 g/mol. The SMILES string of the molecule is Cc1ccc(-n2nc(-c3cccs3)cc2C(=O)NCCN(C)C)c(C)c1. The number of carbonyl (C=O) groups excluding carboxylic acids is 1. The number of likely N-dealkylation sites (N-methyl/N-ethyl adjacent to an activating group) is 1. The number of aromatic nitrogens is 2. The van der Waals surface area contributed by atoms with Crippen LogP contribution in [0.1, 0.15) is 21.6 Å². The lowest BCUT2D eigenvalue weighted by molar-refractivity contribution is 0.0943. The van der Waals surface area contributed by atoms with Crippen molar-refractivity contribution in [3.8, 4) is 16.3 Å². The first-order chi connectivity index (χ1) is 12.5. The standard InChI is InChI=1S/C20H24N4OS/c1-14-7-8-17(15(2)12-14)24-18(20(25)21-9-10-23(3)4)13-16(22-24)19-6-5-11-26-19/h5-8,11-13H,9-10H2,1-4H3,(H,21,25). The van der Waals surface area contributed by atoms with Crippen molar-refractivity contribution in [3.63, 3.8) is 0 Å². The predicted molar refractivity (Wildman–Crippen MR) is 107 cm³/mol. The summed E-state index contributed by atoms with van der Waals surface area (Å²) in [4.78, 5) is 15.9. The van der Waals surface area contributed by atoms with E-state index in [0.29, 0.717) is 12.2 Å². The number of carbonyl (C=O) groups is 1. The van der Waals surface area contributed by atoms with Crippen molar-refractivity contribution in [3.05, 3.63) is 58.6 Å². The van der Waals surface area contributed by atoms with E-state index in [-0.39, 0.29) is 5.91 Å². The predicted octanol–water partition coefficient (Wildman–Crippen LogP) is 3.51. The number of benzene rings is 1. The summed E-state index contributed by atoms with van der Waals surface area (Å²) in [7, 11) is 3.97. The summed E-state index contributed by atoms with van der Waals surface area (Å²) in [5.41, 5.74) is 4.58. The average molecular weight is 369 g/mol. The zero-order valence-electron chi connectivity index (χ0n) is 15.6. The number of amides is 1. The molecule has 1 N–H and O–H groups in total. The normalized spacial score (nSPS) is 11.1. The molecular formula is C20H24N4OS. The Balaban J connectivity index is 1.99. The van der Waals surface area contributed by atoms with Crippen LogP contribution in [0.15, 0.2) is 41.8 Å². The van der Waals surface area contributed by atoms with E-state index in [0.717, 1.165) is 28.4 Å². The van der Waals surface area contributed by atoms with Crippen molar-refractivity contribution in [2.75, 3.05) is 27.2 Å². The van der Waals surface area contributed by atoms with Gasteiger partial charge in [0.2, 0.25) is 0 Å². The maximum Gasteiger partial charge on any atom is 0.270 e. The van der Waals surface area contributed by atoms with Gasteiger partial charge in [-0.15, -0.1) is 11.3 Å². The third kappa shape index (κ3) is 4.03. The van der Waals surface area contributed by atoms with Crippen molar-refractivity contribution in [1.82, 2.24) is 20.0 Å². The second-order valence-electron chi connectivity index (χ2n) is 6.65. The van der Waals surface area contributed by atoms with Crippen molar-refractivity contribution in [2.24, 2.45) is 0 Å². The van der Waals surface area contributed by atoms with Crippen molar-refractivity contribution >= 4 is 17.2 Å². The summed E-state index contributed by atoms with van der Waals surface area (Å²) in [5.74, 6) is -0.109. The number of nitrogens with one attached hydrogen (secondary N) is 1. The summed E-state index contributed by atoms with van der Waals surface area (Å²) in [6, 6.07) is 12.1. The lowest BCUT2D eigenvalue weighted by Gasteiger charge is -2.13. The first-order valence-corrected chi connectivity index (χ1v) is 9.48. The molecule has 6 heteroatoms. The Bertz CT molecular complexity index is 897. The molecule has 1 amide bonds. The largest absolute Gasteiger partial charge is 0.349 e. The molecule has 0 aliphatic heterocycles. The molecule has 26 heavy (non-hydrogen) atoms. The third-order valence-electron chi connectivity index (χ3n) is 4.14. The molecule has 136 valence electrons. The maximum atomic E-state index is 12.8. The van der Waals surface area contributed by atoms with Gasteiger partial charge in [0, 0.05) is 13.1 Å². The van der Waals surface area contributed by atoms with Crippen molar-refractivity contribution in [2.45, 2.75) is 13.8 Å². The van der Waals surface area contributed by atoms with Gasteiger partial charge in [0.15, 0.2) is 0 Å². The van der Waals surface area contributed by atoms with Gasteiger partial charge in [-0.05, 0) is 57.1 Å². The fourth-order valence-corrected chi connectivity index (χ4v) is 3.48. The minimum atomic E-state index is -0.109. The lowest BCUT2D eigenvalue weighted by atomic mass is 10.1. The van der Waals surface area contributed by atoms with E-state index in [4.69, 9.17) is 5.10 Å². The fourth-order valence-electron chi connectivity index (χ4n) is 2.80. The molecule has 0 bridgehead atoms. The summed E-state index contributed by atoms with van der Waals surface area (Å²) in [6.45, 7) is 5.49. The highest BCUT2D eigenvalue weighted by molar-refractivity contribution is 7.13. The van der Waals surface area contributed by atoms with Crippen LogP contribution in [0.25, 0.3) is 16.3 Å². The molecule has 0 saturated carbocycles. The molecule has 0 spiro atoms. The highest BCUT2D eigenvalue weighted by Gasteiger charge is 2.19. The van der Waals surface area contributed by atoms with Gasteiger partial charge in [-0.1, -0.05) is 23.8 Å². The highest BCUT2D eigenvalue weighted by Crippen LogP contribution is 2.27. The molecule has 0 atom stereocenters. The van der Waals surface area contributed by atoms with Crippen LogP contribution in [0.3, 0.4) is 0 Å². The van der Waals surface area contributed by atoms with Crippen LogP contribution >= 0.6 is 11.3 Å². The van der Waals surface area contributed by atoms with E-state index in [2.05, 4.69) is 18.3 Å². The number of rotatable bonds is 6. The van der Waals surface area contributed by atoms with Crippen LogP contribution in [0.5, 0.6) is 0 Å². The van der Waals surface area contributed by atoms with Gasteiger partial charge >= 0.3 is 0 Å². The number of aryl methyl sites for hydroxylation is 2. The Hall–Kier alpha value is -2.44. The first-order valence-electron chi connectivity index (χ1n) is 8.60. The van der Waals surface area contributed by atoms with Gasteiger partial charge in [-0.25, -0.2) is 4.68 Å². The quantitative estimate of drug-likeness (QED) is 0.724. The van der Waals surface area contributed by atoms with Crippen LogP contribution in [0.4, 0.5) is 0 Å². The summed E-state index contributed by atoms with van der Waals surface area (Å²) < 4.78 is 1.76. The van der Waals surface area contributed by atoms with Gasteiger partial charge < -0.3 is 10.2 Å². The van der Waals surface area contributed by atoms with Gasteiger partial charge in [-0.2, -0.15) is 5.10 Å². The molecule has 5 nitrogen and oxygen atoms in total. The number of thiophene rings is 1. The van der Waals surface area contributed by atoms with Crippen LogP contribution < -0.4 is 5.32 Å². The molecule has 0 aliphatic rings. The molecule has 2 aromatic heterocycles. The molecule has 3 aromatic rings. The molecule has 0 saturated heterocycles. The number of hydrogen-bond donors (Lipinski definition) is 1. The van der Waals surface area contributed by atoms with Crippen molar-refractivity contribution < 1.29 is 4.79 Å². The molecule has 0 aliphatic carbocycles. The van der Waals surface area contributed by atoms with Gasteiger partial charge in [0.05, 0.1) is 10.6 Å².